The number of imide groups is 1. The molecule has 0 bridgehead atoms. The number of likely N-dealkylation sites (tertiary alicyclic amines) is 1. The number of hydrogen-bond acceptors (Lipinski definition) is 2. The molecule has 80 valence electrons. The molecule has 3 nitrogen and oxygen atoms in total. The molecule has 0 aromatic carbocycles. The van der Waals surface area contributed by atoms with Crippen LogP contribution in [0.1, 0.15) is 51.9 Å². The highest BCUT2D eigenvalue weighted by molar-refractivity contribution is 5.95. The highest BCUT2D eigenvalue weighted by atomic mass is 16.2. The molecular weight excluding hydrogens is 178 g/mol. The number of carbonyl (C=O) groups is 2. The molecule has 0 radical (unpaired) electrons. The first-order valence-corrected chi connectivity index (χ1v) is 5.59. The predicted molar refractivity (Wildman–Crippen MR) is 54.7 cm³/mol. The number of piperidine rings is 1. The molecule has 0 aromatic rings. The molecule has 0 aliphatic carbocycles. The zero-order valence-electron chi connectivity index (χ0n) is 8.92. The fraction of sp³-hybridized carbons (Fsp3) is 0.818. The lowest BCUT2D eigenvalue weighted by Gasteiger charge is -2.24. The van der Waals surface area contributed by atoms with Gasteiger partial charge in [0.25, 0.3) is 0 Å². The number of hydrogen-bond donors (Lipinski definition) is 0. The van der Waals surface area contributed by atoms with Crippen LogP contribution in [0.4, 0.5) is 0 Å². The number of unbranched alkanes of at least 4 members (excludes halogenated alkanes) is 2. The van der Waals surface area contributed by atoms with Crippen LogP contribution in [-0.2, 0) is 9.59 Å². The molecule has 0 aromatic heterocycles. The summed E-state index contributed by atoms with van der Waals surface area (Å²) in [6.45, 7) is 2.75. The maximum absolute atomic E-state index is 11.6. The van der Waals surface area contributed by atoms with Crippen molar-refractivity contribution in [2.24, 2.45) is 0 Å². The summed E-state index contributed by atoms with van der Waals surface area (Å²) in [4.78, 5) is 24.4. The summed E-state index contributed by atoms with van der Waals surface area (Å²) in [7, 11) is 0. The number of rotatable bonds is 4. The maximum atomic E-state index is 11.6. The molecule has 3 heteroatoms. The quantitative estimate of drug-likeness (QED) is 0.647. The Bertz CT molecular complexity index is 213. The van der Waals surface area contributed by atoms with Gasteiger partial charge in [-0.15, -0.1) is 0 Å². The summed E-state index contributed by atoms with van der Waals surface area (Å²) in [6.07, 6.45) is 6.12. The van der Waals surface area contributed by atoms with Crippen molar-refractivity contribution in [1.82, 2.24) is 4.90 Å². The van der Waals surface area contributed by atoms with Crippen LogP contribution >= 0.6 is 0 Å². The normalized spacial score (nSPS) is 17.2. The average Bonchev–Trinajstić information content (AvgIpc) is 2.18. The first-order valence-electron chi connectivity index (χ1n) is 5.59. The van der Waals surface area contributed by atoms with E-state index in [1.807, 2.05) is 0 Å². The maximum Gasteiger partial charge on any atom is 0.229 e. The predicted octanol–water partition coefficient (Wildman–Crippen LogP) is 2.11. The zero-order valence-corrected chi connectivity index (χ0v) is 8.92. The lowest BCUT2D eigenvalue weighted by Crippen LogP contribution is -2.40. The van der Waals surface area contributed by atoms with Crippen LogP contribution in [0.5, 0.6) is 0 Å². The van der Waals surface area contributed by atoms with Crippen LogP contribution in [0.2, 0.25) is 0 Å². The van der Waals surface area contributed by atoms with Gasteiger partial charge in [-0.3, -0.25) is 14.5 Å². The van der Waals surface area contributed by atoms with E-state index in [9.17, 15) is 9.59 Å². The van der Waals surface area contributed by atoms with Crippen LogP contribution in [0.15, 0.2) is 0 Å². The molecule has 1 rings (SSSR count). The molecule has 0 saturated carbocycles. The third-order valence-corrected chi connectivity index (χ3v) is 2.62. The molecule has 1 fully saturated rings. The van der Waals surface area contributed by atoms with E-state index in [1.165, 1.54) is 4.90 Å². The molecular formula is C11H19NO2. The standard InChI is InChI=1S/C11H19NO2/c1-2-3-4-7-10(13)12-9-6-5-8-11(12)14/h2-9H2,1H3. The fourth-order valence-corrected chi connectivity index (χ4v) is 1.73. The van der Waals surface area contributed by atoms with Crippen LogP contribution < -0.4 is 0 Å². The summed E-state index contributed by atoms with van der Waals surface area (Å²) in [5.74, 6) is 0.0564. The Morgan fingerprint density at radius 2 is 2.14 bits per heavy atom. The van der Waals surface area contributed by atoms with Crippen LogP contribution in [0, 0.1) is 0 Å². The van der Waals surface area contributed by atoms with Gasteiger partial charge in [0.05, 0.1) is 0 Å². The van der Waals surface area contributed by atoms with Gasteiger partial charge in [-0.05, 0) is 19.3 Å². The molecule has 0 N–H and O–H groups in total. The van der Waals surface area contributed by atoms with Crippen molar-refractivity contribution >= 4 is 11.8 Å². The number of amides is 2. The van der Waals surface area contributed by atoms with Crippen LogP contribution in [0.3, 0.4) is 0 Å². The Morgan fingerprint density at radius 1 is 1.36 bits per heavy atom. The van der Waals surface area contributed by atoms with E-state index in [-0.39, 0.29) is 11.8 Å². The summed E-state index contributed by atoms with van der Waals surface area (Å²) in [6, 6.07) is 0. The lowest BCUT2D eigenvalue weighted by atomic mass is 10.1. The van der Waals surface area contributed by atoms with Crippen LogP contribution in [-0.4, -0.2) is 23.3 Å². The average molecular weight is 197 g/mol. The van der Waals surface area contributed by atoms with Gasteiger partial charge in [-0.1, -0.05) is 19.8 Å². The third kappa shape index (κ3) is 3.13. The monoisotopic (exact) mass is 197 g/mol. The molecule has 0 spiro atoms. The van der Waals surface area contributed by atoms with Gasteiger partial charge in [-0.25, -0.2) is 0 Å². The van der Waals surface area contributed by atoms with E-state index >= 15 is 0 Å². The number of nitrogens with zero attached hydrogens (tertiary/aromatic N) is 1. The van der Waals surface area contributed by atoms with Crippen molar-refractivity contribution in [3.63, 3.8) is 0 Å². The van der Waals surface area contributed by atoms with Crippen molar-refractivity contribution in [2.45, 2.75) is 51.9 Å². The SMILES string of the molecule is CCCCCC(=O)N1CCCCC1=O. The molecule has 0 unspecified atom stereocenters. The van der Waals surface area contributed by atoms with Crippen molar-refractivity contribution in [3.05, 3.63) is 0 Å². The van der Waals surface area contributed by atoms with Gasteiger partial charge >= 0.3 is 0 Å². The van der Waals surface area contributed by atoms with Crippen molar-refractivity contribution in [1.29, 1.82) is 0 Å². The Labute approximate surface area is 85.5 Å². The summed E-state index contributed by atoms with van der Waals surface area (Å²) < 4.78 is 0. The Morgan fingerprint density at radius 3 is 2.79 bits per heavy atom. The van der Waals surface area contributed by atoms with E-state index in [4.69, 9.17) is 0 Å². The van der Waals surface area contributed by atoms with Crippen molar-refractivity contribution in [3.8, 4) is 0 Å². The van der Waals surface area contributed by atoms with E-state index in [0.717, 1.165) is 32.1 Å². The third-order valence-electron chi connectivity index (χ3n) is 2.62. The van der Waals surface area contributed by atoms with Crippen LogP contribution in [0.25, 0.3) is 0 Å². The second kappa shape index (κ2) is 5.78. The minimum absolute atomic E-state index is 0.0257. The second-order valence-electron chi connectivity index (χ2n) is 3.85. The Balaban J connectivity index is 2.31. The summed E-state index contributed by atoms with van der Waals surface area (Å²) in [5.41, 5.74) is 0. The highest BCUT2D eigenvalue weighted by Gasteiger charge is 2.23. The van der Waals surface area contributed by atoms with E-state index in [0.29, 0.717) is 19.4 Å². The largest absolute Gasteiger partial charge is 0.283 e. The fourth-order valence-electron chi connectivity index (χ4n) is 1.73. The minimum atomic E-state index is 0.0257. The minimum Gasteiger partial charge on any atom is -0.283 e. The van der Waals surface area contributed by atoms with E-state index < -0.39 is 0 Å². The van der Waals surface area contributed by atoms with Crippen molar-refractivity contribution < 1.29 is 9.59 Å². The molecule has 2 amide bonds. The highest BCUT2D eigenvalue weighted by Crippen LogP contribution is 2.13. The summed E-state index contributed by atoms with van der Waals surface area (Å²) in [5, 5.41) is 0. The van der Waals surface area contributed by atoms with Gasteiger partial charge in [0, 0.05) is 19.4 Å². The van der Waals surface area contributed by atoms with Gasteiger partial charge in [0.1, 0.15) is 0 Å². The van der Waals surface area contributed by atoms with Gasteiger partial charge in [0.2, 0.25) is 11.8 Å². The first kappa shape index (κ1) is 11.2. The van der Waals surface area contributed by atoms with E-state index in [2.05, 4.69) is 6.92 Å². The van der Waals surface area contributed by atoms with Gasteiger partial charge < -0.3 is 0 Å². The smallest absolute Gasteiger partial charge is 0.229 e. The number of carbonyl (C=O) groups excluding carboxylic acids is 2. The Kier molecular flexibility index (Phi) is 4.63. The van der Waals surface area contributed by atoms with Gasteiger partial charge in [0.15, 0.2) is 0 Å². The van der Waals surface area contributed by atoms with E-state index in [1.54, 1.807) is 0 Å². The Hall–Kier alpha value is -0.860. The molecule has 1 heterocycles. The zero-order chi connectivity index (χ0) is 10.4. The van der Waals surface area contributed by atoms with Gasteiger partial charge in [-0.2, -0.15) is 0 Å². The molecule has 1 saturated heterocycles. The lowest BCUT2D eigenvalue weighted by molar-refractivity contribution is -0.146. The second-order valence-corrected chi connectivity index (χ2v) is 3.85. The topological polar surface area (TPSA) is 37.4 Å². The summed E-state index contributed by atoms with van der Waals surface area (Å²) >= 11 is 0. The first-order chi connectivity index (χ1) is 6.75. The molecule has 14 heavy (non-hydrogen) atoms. The molecule has 1 aliphatic rings. The molecule has 0 atom stereocenters. The molecule has 1 aliphatic heterocycles. The van der Waals surface area contributed by atoms with Crippen molar-refractivity contribution in [2.75, 3.05) is 6.54 Å².